The van der Waals surface area contributed by atoms with Crippen molar-refractivity contribution in [3.05, 3.63) is 34.1 Å². The van der Waals surface area contributed by atoms with Crippen LogP contribution in [0, 0.1) is 6.92 Å². The molecule has 0 radical (unpaired) electrons. The van der Waals surface area contributed by atoms with Crippen molar-refractivity contribution in [2.24, 2.45) is 0 Å². The van der Waals surface area contributed by atoms with Crippen LogP contribution in [0.25, 0.3) is 0 Å². The van der Waals surface area contributed by atoms with E-state index in [4.69, 9.17) is 4.52 Å². The first kappa shape index (κ1) is 15.1. The second-order valence-electron chi connectivity index (χ2n) is 5.41. The Kier molecular flexibility index (Phi) is 4.49. The molecule has 0 spiro atoms. The number of thiazole rings is 1. The first-order chi connectivity index (χ1) is 10.6. The molecule has 0 aromatic carbocycles. The number of nitrogens with one attached hydrogen (secondary N) is 1. The third-order valence-electron chi connectivity index (χ3n) is 3.86. The average molecular weight is 324 g/mol. The van der Waals surface area contributed by atoms with Crippen molar-refractivity contribution in [2.45, 2.75) is 32.1 Å². The molecule has 1 saturated heterocycles. The summed E-state index contributed by atoms with van der Waals surface area (Å²) in [5, 5.41) is 8.27. The van der Waals surface area contributed by atoms with Gasteiger partial charge in [0, 0.05) is 36.6 Å². The van der Waals surface area contributed by atoms with Crippen molar-refractivity contribution in [1.29, 1.82) is 0 Å². The summed E-state index contributed by atoms with van der Waals surface area (Å²) in [7, 11) is 0. The normalized spacial score (nSPS) is 22.1. The number of alkyl halides is 1. The van der Waals surface area contributed by atoms with E-state index >= 15 is 0 Å². The lowest BCUT2D eigenvalue weighted by Gasteiger charge is -2.23. The fourth-order valence-electron chi connectivity index (χ4n) is 2.64. The Morgan fingerprint density at radius 2 is 2.50 bits per heavy atom. The molecule has 1 fully saturated rings. The van der Waals surface area contributed by atoms with E-state index in [1.54, 1.807) is 17.1 Å². The van der Waals surface area contributed by atoms with Crippen molar-refractivity contribution in [2.75, 3.05) is 13.1 Å². The van der Waals surface area contributed by atoms with Gasteiger partial charge in [-0.1, -0.05) is 5.16 Å². The van der Waals surface area contributed by atoms with Gasteiger partial charge in [0.1, 0.15) is 17.6 Å². The summed E-state index contributed by atoms with van der Waals surface area (Å²) in [5.41, 5.74) is 2.97. The molecule has 2 aromatic rings. The number of aromatic nitrogens is 2. The second kappa shape index (κ2) is 6.53. The fourth-order valence-corrected chi connectivity index (χ4v) is 3.18. The molecular weight excluding hydrogens is 307 g/mol. The maximum absolute atomic E-state index is 13.7. The highest BCUT2D eigenvalue weighted by Gasteiger charge is 2.32. The number of halogens is 1. The summed E-state index contributed by atoms with van der Waals surface area (Å²) in [5.74, 6) is 0.525. The van der Waals surface area contributed by atoms with Crippen LogP contribution >= 0.6 is 11.3 Å². The van der Waals surface area contributed by atoms with Gasteiger partial charge in [-0.15, -0.1) is 11.3 Å². The van der Waals surface area contributed by atoms with E-state index in [1.807, 2.05) is 11.8 Å². The Morgan fingerprint density at radius 1 is 1.64 bits per heavy atom. The van der Waals surface area contributed by atoms with Gasteiger partial charge < -0.3 is 9.84 Å². The van der Waals surface area contributed by atoms with Crippen LogP contribution in [0.3, 0.4) is 0 Å². The molecule has 2 aromatic heterocycles. The number of likely N-dealkylation sites (tertiary alicyclic amines) is 1. The number of carbonyl (C=O) groups is 1. The number of hydrogen-bond donors (Lipinski definition) is 1. The molecule has 1 aliphatic rings. The number of nitrogens with zero attached hydrogens (tertiary/aromatic N) is 3. The molecule has 6 nitrogen and oxygen atoms in total. The summed E-state index contributed by atoms with van der Waals surface area (Å²) < 4.78 is 18.8. The van der Waals surface area contributed by atoms with Gasteiger partial charge in [-0.25, -0.2) is 9.37 Å². The highest BCUT2D eigenvalue weighted by Crippen LogP contribution is 2.23. The molecule has 0 aliphatic carbocycles. The molecule has 1 aliphatic heterocycles. The minimum absolute atomic E-state index is 0.0353. The quantitative estimate of drug-likeness (QED) is 0.908. The number of carbonyl (C=O) groups excluding carboxylic acids is 1. The van der Waals surface area contributed by atoms with Gasteiger partial charge in [0.2, 0.25) is 0 Å². The van der Waals surface area contributed by atoms with Crippen molar-refractivity contribution >= 4 is 17.2 Å². The number of rotatable bonds is 5. The maximum Gasteiger partial charge on any atom is 0.270 e. The molecule has 0 bridgehead atoms. The third-order valence-corrected chi connectivity index (χ3v) is 4.45. The van der Waals surface area contributed by atoms with Gasteiger partial charge in [0.05, 0.1) is 11.7 Å². The second-order valence-corrected chi connectivity index (χ2v) is 6.13. The molecule has 8 heteroatoms. The maximum atomic E-state index is 13.7. The van der Waals surface area contributed by atoms with Gasteiger partial charge in [-0.2, -0.15) is 0 Å². The first-order valence-electron chi connectivity index (χ1n) is 7.08. The minimum Gasteiger partial charge on any atom is -0.361 e. The SMILES string of the molecule is Cc1oncc1CN1C[C@@H](F)C[C@H]1CNC(=O)c1cscn1. The number of hydrogen-bond acceptors (Lipinski definition) is 6. The molecule has 0 unspecified atom stereocenters. The van der Waals surface area contributed by atoms with E-state index < -0.39 is 6.17 Å². The predicted molar refractivity (Wildman–Crippen MR) is 79.4 cm³/mol. The van der Waals surface area contributed by atoms with E-state index in [9.17, 15) is 9.18 Å². The smallest absolute Gasteiger partial charge is 0.270 e. The highest BCUT2D eigenvalue weighted by molar-refractivity contribution is 7.07. The van der Waals surface area contributed by atoms with Gasteiger partial charge in [0.25, 0.3) is 5.91 Å². The molecule has 118 valence electrons. The van der Waals surface area contributed by atoms with Crippen molar-refractivity contribution in [1.82, 2.24) is 20.4 Å². The van der Waals surface area contributed by atoms with E-state index in [0.29, 0.717) is 31.7 Å². The molecule has 22 heavy (non-hydrogen) atoms. The van der Waals surface area contributed by atoms with Crippen molar-refractivity contribution in [3.63, 3.8) is 0 Å². The number of amides is 1. The Hall–Kier alpha value is -1.80. The Labute approximate surface area is 131 Å². The largest absolute Gasteiger partial charge is 0.361 e. The molecule has 0 saturated carbocycles. The van der Waals surface area contributed by atoms with Crippen LogP contribution in [0.4, 0.5) is 4.39 Å². The van der Waals surface area contributed by atoms with E-state index in [1.165, 1.54) is 11.3 Å². The van der Waals surface area contributed by atoms with E-state index in [2.05, 4.69) is 15.5 Å². The summed E-state index contributed by atoms with van der Waals surface area (Å²) in [6.45, 7) is 3.18. The summed E-state index contributed by atoms with van der Waals surface area (Å²) in [6, 6.07) is -0.0353. The third kappa shape index (κ3) is 3.33. The molecule has 3 rings (SSSR count). The molecule has 1 amide bonds. The van der Waals surface area contributed by atoms with Crippen LogP contribution in [0.1, 0.15) is 28.2 Å². The standard InChI is InChI=1S/C14H17FN4O2S/c1-9-10(3-18-21-9)5-19-6-11(15)2-12(19)4-16-14(20)13-7-22-8-17-13/h3,7-8,11-12H,2,4-6H2,1H3,(H,16,20)/t11-,12-/m0/s1. The van der Waals surface area contributed by atoms with E-state index in [0.717, 1.165) is 11.3 Å². The summed E-state index contributed by atoms with van der Waals surface area (Å²) in [4.78, 5) is 17.9. The van der Waals surface area contributed by atoms with Gasteiger partial charge in [-0.05, 0) is 13.3 Å². The molecule has 2 atom stereocenters. The predicted octanol–water partition coefficient (Wildman–Crippen LogP) is 1.78. The zero-order valence-electron chi connectivity index (χ0n) is 12.2. The minimum atomic E-state index is -0.874. The molecule has 1 N–H and O–H groups in total. The zero-order valence-corrected chi connectivity index (χ0v) is 13.0. The van der Waals surface area contributed by atoms with Gasteiger partial charge >= 0.3 is 0 Å². The Bertz CT molecular complexity index is 631. The summed E-state index contributed by atoms with van der Waals surface area (Å²) in [6.07, 6.45) is 1.20. The monoisotopic (exact) mass is 324 g/mol. The van der Waals surface area contributed by atoms with Gasteiger partial charge in [-0.3, -0.25) is 9.69 Å². The average Bonchev–Trinajstić information content (AvgIpc) is 3.20. The lowest BCUT2D eigenvalue weighted by molar-refractivity contribution is 0.0935. The van der Waals surface area contributed by atoms with Crippen LogP contribution < -0.4 is 5.32 Å². The van der Waals surface area contributed by atoms with Crippen LogP contribution in [-0.4, -0.2) is 46.3 Å². The molecule has 3 heterocycles. The van der Waals surface area contributed by atoms with E-state index in [-0.39, 0.29) is 11.9 Å². The van der Waals surface area contributed by atoms with Crippen LogP contribution in [0.15, 0.2) is 21.6 Å². The van der Waals surface area contributed by atoms with Gasteiger partial charge in [0.15, 0.2) is 0 Å². The lowest BCUT2D eigenvalue weighted by atomic mass is 10.2. The fraction of sp³-hybridized carbons (Fsp3) is 0.500. The topological polar surface area (TPSA) is 71.3 Å². The van der Waals surface area contributed by atoms with Crippen molar-refractivity contribution in [3.8, 4) is 0 Å². The first-order valence-corrected chi connectivity index (χ1v) is 8.02. The summed E-state index contributed by atoms with van der Waals surface area (Å²) >= 11 is 1.37. The van der Waals surface area contributed by atoms with Crippen LogP contribution in [0.2, 0.25) is 0 Å². The van der Waals surface area contributed by atoms with Crippen LogP contribution in [0.5, 0.6) is 0 Å². The lowest BCUT2D eigenvalue weighted by Crippen LogP contribution is -2.40. The Balaban J connectivity index is 1.59. The van der Waals surface area contributed by atoms with Crippen molar-refractivity contribution < 1.29 is 13.7 Å². The van der Waals surface area contributed by atoms with Crippen LogP contribution in [-0.2, 0) is 6.54 Å². The highest BCUT2D eigenvalue weighted by atomic mass is 32.1. The molecular formula is C14H17FN4O2S. The Morgan fingerprint density at radius 3 is 3.18 bits per heavy atom. The number of aryl methyl sites for hydroxylation is 1. The zero-order chi connectivity index (χ0) is 15.5.